The van der Waals surface area contributed by atoms with Gasteiger partial charge < -0.3 is 8.98 Å². The number of halogens is 2. The third-order valence-electron chi connectivity index (χ3n) is 3.75. The van der Waals surface area contributed by atoms with Crippen LogP contribution < -0.4 is 4.57 Å². The molecule has 1 atom stereocenters. The van der Waals surface area contributed by atoms with E-state index < -0.39 is 4.87 Å². The molecule has 5 heteroatoms. The normalized spacial score (nSPS) is 17.4. The zero-order valence-electron chi connectivity index (χ0n) is 14.3. The number of rotatable bonds is 2. The van der Waals surface area contributed by atoms with E-state index in [1.165, 1.54) is 12.4 Å². The molecule has 134 valence electrons. The van der Waals surface area contributed by atoms with Gasteiger partial charge in [0.2, 0.25) is 0 Å². The summed E-state index contributed by atoms with van der Waals surface area (Å²) in [6.07, 6.45) is 7.04. The Balaban J connectivity index is 0.000000901. The maximum Gasteiger partial charge on any atom is 0.148 e. The number of furan rings is 1. The molecule has 0 bridgehead atoms. The fourth-order valence-electron chi connectivity index (χ4n) is 2.87. The number of hydrogen-bond donors (Lipinski definition) is 0. The Morgan fingerprint density at radius 3 is 2.39 bits per heavy atom. The number of nitrogens with zero attached hydrogens (tertiary/aromatic N) is 1. The zero-order valence-corrected chi connectivity index (χ0v) is 17.6. The van der Waals surface area contributed by atoms with E-state index in [1.807, 2.05) is 32.0 Å². The van der Waals surface area contributed by atoms with Crippen LogP contribution in [-0.4, -0.2) is 6.38 Å². The van der Waals surface area contributed by atoms with Crippen molar-refractivity contribution in [2.75, 3.05) is 6.38 Å². The minimum absolute atomic E-state index is 0. The van der Waals surface area contributed by atoms with Gasteiger partial charge in [0.05, 0.1) is 18.5 Å². The van der Waals surface area contributed by atoms with E-state index in [1.54, 1.807) is 6.26 Å². The second-order valence-electron chi connectivity index (χ2n) is 4.57. The fourth-order valence-corrected chi connectivity index (χ4v) is 3.25. The van der Waals surface area contributed by atoms with Crippen LogP contribution in [0.15, 0.2) is 41.1 Å². The summed E-state index contributed by atoms with van der Waals surface area (Å²) in [6.45, 7) is 8.27. The zero-order chi connectivity index (χ0) is 16.8. The maximum absolute atomic E-state index is 6.91. The first-order valence-electron chi connectivity index (χ1n) is 7.74. The van der Waals surface area contributed by atoms with E-state index in [0.29, 0.717) is 0 Å². The molecule has 2 nitrogen and oxygen atoms in total. The average Bonchev–Trinajstić information content (AvgIpc) is 3.10. The van der Waals surface area contributed by atoms with E-state index in [2.05, 4.69) is 42.3 Å². The summed E-state index contributed by atoms with van der Waals surface area (Å²) in [6, 6.07) is 9.34. The van der Waals surface area contributed by atoms with Gasteiger partial charge in [0, 0.05) is 49.3 Å². The number of pyridine rings is 1. The molecule has 0 aromatic carbocycles. The molecule has 0 aliphatic carbocycles. The fraction of sp³-hybridized carbons (Fsp3) is 0.444. The van der Waals surface area contributed by atoms with Crippen LogP contribution in [0.25, 0.3) is 11.5 Å². The third-order valence-corrected chi connectivity index (χ3v) is 4.44. The Labute approximate surface area is 179 Å². The van der Waals surface area contributed by atoms with E-state index in [-0.39, 0.29) is 37.3 Å². The molecular formula is C18H25Cl2ErNO. The molecule has 0 N–H and O–H groups in total. The van der Waals surface area contributed by atoms with Crippen molar-refractivity contribution in [2.24, 2.45) is 0 Å². The van der Waals surface area contributed by atoms with Crippen LogP contribution in [-0.2, 0) is 4.87 Å². The van der Waals surface area contributed by atoms with Crippen molar-refractivity contribution in [3.05, 3.63) is 48.3 Å². The van der Waals surface area contributed by atoms with Gasteiger partial charge in [-0.2, -0.15) is 0 Å². The van der Waals surface area contributed by atoms with Crippen molar-refractivity contribution in [3.8, 4) is 11.5 Å². The van der Waals surface area contributed by atoms with Crippen molar-refractivity contribution in [2.45, 2.75) is 45.4 Å². The van der Waals surface area contributed by atoms with E-state index in [9.17, 15) is 0 Å². The first kappa shape index (κ1) is 23.1. The Morgan fingerprint density at radius 2 is 1.83 bits per heavy atom. The molecule has 0 saturated carbocycles. The van der Waals surface area contributed by atoms with Crippen LogP contribution in [0.5, 0.6) is 0 Å². The molecule has 0 amide bonds. The SMILES string of the molecule is CC.CC[C-]1[n+]2ccccc2-c2occc2C1(Cl)CC.CCl.[Er]. The van der Waals surface area contributed by atoms with Gasteiger partial charge in [-0.3, -0.25) is 0 Å². The van der Waals surface area contributed by atoms with Gasteiger partial charge in [-0.05, 0) is 25.0 Å². The predicted octanol–water partition coefficient (Wildman–Crippen LogP) is 5.76. The van der Waals surface area contributed by atoms with Crippen LogP contribution in [0.1, 0.15) is 46.1 Å². The molecule has 0 radical (unpaired) electrons. The van der Waals surface area contributed by atoms with Crippen LogP contribution in [0.3, 0.4) is 0 Å². The van der Waals surface area contributed by atoms with Crippen LogP contribution in [0.4, 0.5) is 0 Å². The van der Waals surface area contributed by atoms with E-state index in [4.69, 9.17) is 16.0 Å². The quantitative estimate of drug-likeness (QED) is 0.286. The molecule has 2 aromatic rings. The third kappa shape index (κ3) is 4.21. The summed E-state index contributed by atoms with van der Waals surface area (Å²) in [4.78, 5) is -0.448. The van der Waals surface area contributed by atoms with Crippen molar-refractivity contribution in [3.63, 3.8) is 0 Å². The smallest absolute Gasteiger partial charge is 0.148 e. The van der Waals surface area contributed by atoms with E-state index >= 15 is 0 Å². The summed E-state index contributed by atoms with van der Waals surface area (Å²) < 4.78 is 7.82. The first-order valence-corrected chi connectivity index (χ1v) is 8.88. The average molecular weight is 510 g/mol. The van der Waals surface area contributed by atoms with Gasteiger partial charge in [0.15, 0.2) is 0 Å². The monoisotopic (exact) mass is 507 g/mol. The number of alkyl halides is 2. The van der Waals surface area contributed by atoms with Gasteiger partial charge in [-0.15, -0.1) is 23.2 Å². The van der Waals surface area contributed by atoms with Gasteiger partial charge >= 0.3 is 0 Å². The van der Waals surface area contributed by atoms with Crippen LogP contribution in [0.2, 0.25) is 0 Å². The molecule has 1 aliphatic heterocycles. The van der Waals surface area contributed by atoms with Gasteiger partial charge in [-0.1, -0.05) is 39.8 Å². The topological polar surface area (TPSA) is 17.0 Å². The van der Waals surface area contributed by atoms with E-state index in [0.717, 1.165) is 29.9 Å². The minimum atomic E-state index is -0.448. The van der Waals surface area contributed by atoms with Crippen LogP contribution >= 0.6 is 23.2 Å². The first-order chi connectivity index (χ1) is 10.7. The molecule has 0 fully saturated rings. The molecule has 3 rings (SSSR count). The molecule has 3 heterocycles. The van der Waals surface area contributed by atoms with Gasteiger partial charge in [-0.25, -0.2) is 0 Å². The Kier molecular flexibility index (Phi) is 10.9. The maximum atomic E-state index is 6.91. The second kappa shape index (κ2) is 10.9. The van der Waals surface area contributed by atoms with Crippen molar-refractivity contribution in [1.29, 1.82) is 0 Å². The standard InChI is InChI=1S/C15H16ClNO.C2H6.CH3Cl.Er/c1-3-13-15(16,4-2)11-8-10-18-14(11)12-7-5-6-9-17(12)13;2*1-2;/h5-10H,3-4H2,1-2H3;1-2H3;1H3;. The number of fused-ring (bicyclic) bond motifs is 3. The summed E-state index contributed by atoms with van der Waals surface area (Å²) in [7, 11) is 0. The van der Waals surface area contributed by atoms with Gasteiger partial charge in [0.1, 0.15) is 16.3 Å². The predicted molar refractivity (Wildman–Crippen MR) is 94.2 cm³/mol. The Morgan fingerprint density at radius 1 is 1.17 bits per heavy atom. The van der Waals surface area contributed by atoms with Crippen molar-refractivity contribution >= 4 is 23.2 Å². The second-order valence-corrected chi connectivity index (χ2v) is 5.22. The Hall–Kier alpha value is 0.127. The summed E-state index contributed by atoms with van der Waals surface area (Å²) in [5, 5.41) is 0. The number of aromatic nitrogens is 1. The van der Waals surface area contributed by atoms with Crippen LogP contribution in [0, 0.1) is 43.3 Å². The molecular weight excluding hydrogens is 484 g/mol. The molecule has 23 heavy (non-hydrogen) atoms. The van der Waals surface area contributed by atoms with Gasteiger partial charge in [0.25, 0.3) is 0 Å². The Bertz CT molecular complexity index is 588. The minimum Gasteiger partial charge on any atom is -0.471 e. The summed E-state index contributed by atoms with van der Waals surface area (Å²) >= 11 is 11.5. The van der Waals surface area contributed by atoms with Crippen molar-refractivity contribution in [1.82, 2.24) is 0 Å². The number of hydrogen-bond acceptors (Lipinski definition) is 1. The largest absolute Gasteiger partial charge is 0.471 e. The molecule has 1 unspecified atom stereocenters. The summed E-state index contributed by atoms with van der Waals surface area (Å²) in [5.41, 5.74) is 2.17. The molecule has 0 spiro atoms. The van der Waals surface area contributed by atoms with Crippen molar-refractivity contribution < 1.29 is 46.3 Å². The summed E-state index contributed by atoms with van der Waals surface area (Å²) in [5.74, 6) is 0.893. The molecule has 0 saturated heterocycles. The molecule has 1 aliphatic rings. The molecule has 2 aromatic heterocycles.